The van der Waals surface area contributed by atoms with Crippen LogP contribution in [0.1, 0.15) is 0 Å². The van der Waals surface area contributed by atoms with Gasteiger partial charge in [-0.1, -0.05) is 0 Å². The monoisotopic (exact) mass is 450 g/mol. The Morgan fingerprint density at radius 1 is 0.571 bits per heavy atom. The molecule has 0 aliphatic rings. The third kappa shape index (κ3) is 39.7. The van der Waals surface area contributed by atoms with E-state index in [-0.39, 0.29) is 0 Å². The number of allylic oxidation sites excluding steroid dienone is 2. The lowest BCUT2D eigenvalue weighted by molar-refractivity contribution is -2.00. The van der Waals surface area contributed by atoms with Crippen molar-refractivity contribution in [3.63, 3.8) is 0 Å². The van der Waals surface area contributed by atoms with Crippen LogP contribution in [0.5, 0.6) is 0 Å². The molecule has 0 bridgehead atoms. The minimum absolute atomic E-state index is 1.17. The number of rotatable bonds is 5. The Hall–Kier alpha value is -1.32. The van der Waals surface area contributed by atoms with Gasteiger partial charge in [-0.2, -0.15) is 0 Å². The average Bonchev–Trinajstić information content (AvgIpc) is 2.30. The molecule has 14 heteroatoms. The topological polar surface area (TPSA) is 197 Å². The molecule has 0 spiro atoms. The zero-order chi connectivity index (χ0) is 23.3. The number of nitrogens with zero attached hydrogens (tertiary/aromatic N) is 4. The molecule has 12 nitrogen and oxygen atoms in total. The van der Waals surface area contributed by atoms with Crippen molar-refractivity contribution in [2.45, 2.75) is 0 Å². The van der Waals surface area contributed by atoms with Crippen LogP contribution in [-0.4, -0.2) is 87.8 Å². The minimum atomic E-state index is -4.94. The Kier molecular flexibility index (Phi) is 16.4. The van der Waals surface area contributed by atoms with Crippen LogP contribution in [0.15, 0.2) is 23.5 Å². The van der Waals surface area contributed by atoms with Gasteiger partial charge in [0.2, 0.25) is 0 Å². The fraction of sp³-hybridized carbons (Fsp3) is 0.571. The Bertz CT molecular complexity index is 495. The number of halogens is 2. The first-order valence-electron chi connectivity index (χ1n) is 7.25. The summed E-state index contributed by atoms with van der Waals surface area (Å²) in [5, 5.41) is 0. The fourth-order valence-corrected chi connectivity index (χ4v) is 1.48. The van der Waals surface area contributed by atoms with Crippen molar-refractivity contribution < 1.29 is 66.9 Å². The summed E-state index contributed by atoms with van der Waals surface area (Å²) in [6, 6.07) is 0. The molecule has 0 fully saturated rings. The molecule has 0 aromatic carbocycles. The van der Waals surface area contributed by atoms with Crippen molar-refractivity contribution in [3.8, 4) is 0 Å². The van der Waals surface area contributed by atoms with Gasteiger partial charge in [0.1, 0.15) is 28.2 Å². The molecule has 0 heterocycles. The molecule has 0 aliphatic carbocycles. The van der Waals surface area contributed by atoms with E-state index < -0.39 is 20.5 Å². The Morgan fingerprint density at radius 2 is 0.750 bits per heavy atom. The normalized spacial score (nSPS) is 12.0. The second-order valence-electron chi connectivity index (χ2n) is 6.04. The Balaban J connectivity index is -0.000000512. The van der Waals surface area contributed by atoms with Crippen molar-refractivity contribution in [2.75, 3.05) is 56.4 Å². The Morgan fingerprint density at radius 3 is 0.857 bits per heavy atom. The zero-order valence-corrected chi connectivity index (χ0v) is 18.6. The lowest BCUT2D eigenvalue weighted by Gasteiger charge is -2.17. The third-order valence-electron chi connectivity index (χ3n) is 1.92. The fourth-order valence-electron chi connectivity index (χ4n) is 1.48. The van der Waals surface area contributed by atoms with E-state index in [1.165, 1.54) is 11.1 Å². The smallest absolute Gasteiger partial charge is 0.172 e. The molecule has 0 amide bonds. The summed E-state index contributed by atoms with van der Waals surface area (Å²) in [6.45, 7) is 0. The van der Waals surface area contributed by atoms with Gasteiger partial charge in [-0.3, -0.25) is 0 Å². The zero-order valence-electron chi connectivity index (χ0n) is 17.1. The first-order chi connectivity index (χ1) is 12.2. The molecule has 0 rings (SSSR count). The van der Waals surface area contributed by atoms with Crippen LogP contribution in [0.25, 0.3) is 0 Å². The average molecular weight is 451 g/mol. The predicted octanol–water partition coefficient (Wildman–Crippen LogP) is -8.95. The van der Waals surface area contributed by atoms with Gasteiger partial charge in [-0.05, 0) is 0 Å². The van der Waals surface area contributed by atoms with Crippen LogP contribution in [0, 0.1) is 20.5 Å². The summed E-state index contributed by atoms with van der Waals surface area (Å²) in [6.07, 6.45) is 8.48. The van der Waals surface area contributed by atoms with Crippen LogP contribution < -0.4 is 37.3 Å². The number of hydrogen-bond acceptors (Lipinski definition) is 10. The second kappa shape index (κ2) is 14.6. The highest BCUT2D eigenvalue weighted by Gasteiger charge is 2.09. The van der Waals surface area contributed by atoms with Gasteiger partial charge in [0, 0.05) is 40.6 Å². The van der Waals surface area contributed by atoms with Crippen molar-refractivity contribution in [3.05, 3.63) is 23.5 Å². The van der Waals surface area contributed by atoms with Gasteiger partial charge in [0.25, 0.3) is 0 Å². The lowest BCUT2D eigenvalue weighted by Crippen LogP contribution is -2.68. The quantitative estimate of drug-likeness (QED) is 0.220. The summed E-state index contributed by atoms with van der Waals surface area (Å²) < 4.78 is 72.1. The summed E-state index contributed by atoms with van der Waals surface area (Å²) >= 11 is 0. The van der Waals surface area contributed by atoms with Gasteiger partial charge >= 0.3 is 0 Å². The maximum absolute atomic E-state index is 8.49. The van der Waals surface area contributed by atoms with Crippen LogP contribution in [0.4, 0.5) is 0 Å². The highest BCUT2D eigenvalue weighted by Crippen LogP contribution is 2.07. The molecule has 0 aromatic heterocycles. The van der Waals surface area contributed by atoms with Crippen LogP contribution in [0.2, 0.25) is 0 Å². The molecule has 0 atom stereocenters. The largest absolute Gasteiger partial charge is 0.383 e. The van der Waals surface area contributed by atoms with Crippen molar-refractivity contribution in [1.82, 2.24) is 9.80 Å². The highest BCUT2D eigenvalue weighted by molar-refractivity contribution is 5.95. The predicted molar refractivity (Wildman–Crippen MR) is 79.9 cm³/mol. The molecule has 0 N–H and O–H groups in total. The van der Waals surface area contributed by atoms with E-state index in [0.717, 1.165) is 0 Å². The van der Waals surface area contributed by atoms with Gasteiger partial charge in [0.15, 0.2) is 12.4 Å². The molecular weight excluding hydrogens is 423 g/mol. The molecule has 0 unspecified atom stereocenters. The molecule has 0 aromatic rings. The van der Waals surface area contributed by atoms with Gasteiger partial charge < -0.3 is 9.80 Å². The van der Waals surface area contributed by atoms with E-state index in [1.807, 2.05) is 56.4 Å². The SMILES string of the molecule is CN(C)/C=C(C=[N+](C)C)/C(C=[N+](C)C)=C/N(C)C.[O-][Cl+3]([O-])([O-])[O-].[O-][Cl+3]([O-])([O-])[O-]. The van der Waals surface area contributed by atoms with Crippen LogP contribution in [-0.2, 0) is 0 Å². The van der Waals surface area contributed by atoms with Crippen LogP contribution >= 0.6 is 0 Å². The van der Waals surface area contributed by atoms with Gasteiger partial charge in [-0.15, -0.1) is 20.5 Å². The summed E-state index contributed by atoms with van der Waals surface area (Å²) in [7, 11) is 6.38. The van der Waals surface area contributed by atoms with Gasteiger partial charge in [-0.25, -0.2) is 46.4 Å². The maximum atomic E-state index is 8.49. The van der Waals surface area contributed by atoms with Crippen molar-refractivity contribution in [2.24, 2.45) is 0 Å². The molecule has 0 radical (unpaired) electrons. The molecular formula is C14H28Cl2N4O8. The van der Waals surface area contributed by atoms with E-state index in [2.05, 4.69) is 43.8 Å². The standard InChI is InChI=1S/C14H28N4.2ClHO4/c1-15(2)9-13(10-16(3)4)14(11-17(5)6)12-18(7)8;2*2-1(3,4)5/h9-12H,1-8H3;2*(H,2,3,4,5)/q+2;;/p-2. The molecule has 0 saturated heterocycles. The molecule has 28 heavy (non-hydrogen) atoms. The summed E-state index contributed by atoms with van der Waals surface area (Å²) in [5.74, 6) is 0. The molecule has 0 aliphatic heterocycles. The minimum Gasteiger partial charge on any atom is -0.383 e. The lowest BCUT2D eigenvalue weighted by atomic mass is 10.1. The van der Waals surface area contributed by atoms with Crippen LogP contribution in [0.3, 0.4) is 0 Å². The number of hydrogen-bond donors (Lipinski definition) is 0. The third-order valence-corrected chi connectivity index (χ3v) is 1.92. The first kappa shape index (κ1) is 31.4. The van der Waals surface area contributed by atoms with E-state index in [1.54, 1.807) is 0 Å². The van der Waals surface area contributed by atoms with Crippen molar-refractivity contribution >= 4 is 12.4 Å². The second-order valence-corrected chi connectivity index (χ2v) is 7.55. The summed E-state index contributed by atoms with van der Waals surface area (Å²) in [5.41, 5.74) is 2.35. The van der Waals surface area contributed by atoms with E-state index in [9.17, 15) is 0 Å². The highest BCUT2D eigenvalue weighted by atomic mass is 35.7. The maximum Gasteiger partial charge on any atom is 0.172 e. The summed E-state index contributed by atoms with van der Waals surface area (Å²) in [4.78, 5) is 4.12. The Labute approximate surface area is 169 Å². The first-order valence-corrected chi connectivity index (χ1v) is 9.72. The van der Waals surface area contributed by atoms with Gasteiger partial charge in [0.05, 0.1) is 11.1 Å². The molecule has 0 saturated carbocycles. The van der Waals surface area contributed by atoms with E-state index in [0.29, 0.717) is 0 Å². The van der Waals surface area contributed by atoms with E-state index in [4.69, 9.17) is 37.3 Å². The van der Waals surface area contributed by atoms with Crippen molar-refractivity contribution in [1.29, 1.82) is 0 Å². The molecule has 166 valence electrons. The van der Waals surface area contributed by atoms with E-state index >= 15 is 0 Å².